The molecule has 0 saturated carbocycles. The second kappa shape index (κ2) is 11.6. The van der Waals surface area contributed by atoms with Crippen LogP contribution in [0.5, 0.6) is 0 Å². The van der Waals surface area contributed by atoms with E-state index in [4.69, 9.17) is 16.3 Å². The first-order valence-corrected chi connectivity index (χ1v) is 13.1. The van der Waals surface area contributed by atoms with Crippen LogP contribution in [0, 0.1) is 13.8 Å². The predicted octanol–water partition coefficient (Wildman–Crippen LogP) is 5.40. The van der Waals surface area contributed by atoms with Gasteiger partial charge >= 0.3 is 5.97 Å². The zero-order valence-corrected chi connectivity index (χ0v) is 22.5. The predicted molar refractivity (Wildman–Crippen MR) is 147 cm³/mol. The van der Waals surface area contributed by atoms with Crippen molar-refractivity contribution in [1.82, 2.24) is 4.98 Å². The number of anilines is 3. The van der Waals surface area contributed by atoms with Gasteiger partial charge in [0.05, 0.1) is 23.6 Å². The van der Waals surface area contributed by atoms with E-state index in [1.165, 1.54) is 35.6 Å². The summed E-state index contributed by atoms with van der Waals surface area (Å²) >= 11 is 7.61. The average molecular weight is 553 g/mol. The fraction of sp³-hybridized carbons (Fsp3) is 0.222. The summed E-state index contributed by atoms with van der Waals surface area (Å²) in [6.45, 7) is 6.12. The molecule has 1 aliphatic rings. The van der Waals surface area contributed by atoms with Crippen LogP contribution < -0.4 is 15.5 Å². The monoisotopic (exact) mass is 552 g/mol. The number of nitrogens with one attached hydrogen (secondary N) is 2. The van der Waals surface area contributed by atoms with Gasteiger partial charge in [-0.15, -0.1) is 11.3 Å². The topological polar surface area (TPSA) is 118 Å². The van der Waals surface area contributed by atoms with Crippen LogP contribution in [0.15, 0.2) is 59.3 Å². The lowest BCUT2D eigenvalue weighted by molar-refractivity contribution is -0.120. The molecule has 3 amide bonds. The molecule has 11 heteroatoms. The van der Waals surface area contributed by atoms with Crippen LogP contribution in [0.3, 0.4) is 0 Å². The van der Waals surface area contributed by atoms with Crippen molar-refractivity contribution in [2.45, 2.75) is 33.6 Å². The third-order valence-corrected chi connectivity index (χ3v) is 7.12. The summed E-state index contributed by atoms with van der Waals surface area (Å²) in [5.74, 6) is -2.13. The van der Waals surface area contributed by atoms with Crippen molar-refractivity contribution in [3.8, 4) is 0 Å². The molecule has 0 fully saturated rings. The quantitative estimate of drug-likeness (QED) is 0.207. The van der Waals surface area contributed by atoms with Crippen LogP contribution in [0.25, 0.3) is 0 Å². The van der Waals surface area contributed by atoms with Gasteiger partial charge in [0.1, 0.15) is 10.7 Å². The first kappa shape index (κ1) is 27.0. The standard InChI is InChI=1S/C27H25ClN4O5S/c1-4-5-14-37-26(36)18-8-12-20(13-9-18)32-24(34)21(28)22(25(32)35)30-19-10-6-17(7-11-19)23(33)31-27-29-15(2)16(3)38-27/h6-13,30H,4-5,14H2,1-3H3,(H,29,31,33). The van der Waals surface area contributed by atoms with Gasteiger partial charge in [0.25, 0.3) is 17.7 Å². The SMILES string of the molecule is CCCCOC(=O)c1ccc(N2C(=O)C(Cl)=C(Nc3ccc(C(=O)Nc4nc(C)c(C)s4)cc3)C2=O)cc1. The van der Waals surface area contributed by atoms with E-state index in [2.05, 4.69) is 15.6 Å². The molecular weight excluding hydrogens is 528 g/mol. The number of aryl methyl sites for hydroxylation is 2. The minimum absolute atomic E-state index is 0.0920. The lowest BCUT2D eigenvalue weighted by Crippen LogP contribution is -2.32. The van der Waals surface area contributed by atoms with Gasteiger partial charge in [0, 0.05) is 16.1 Å². The first-order valence-electron chi connectivity index (χ1n) is 11.9. The van der Waals surface area contributed by atoms with E-state index in [-0.39, 0.29) is 22.3 Å². The van der Waals surface area contributed by atoms with Crippen molar-refractivity contribution < 1.29 is 23.9 Å². The van der Waals surface area contributed by atoms with E-state index in [0.717, 1.165) is 28.3 Å². The summed E-state index contributed by atoms with van der Waals surface area (Å²) < 4.78 is 5.18. The Morgan fingerprint density at radius 1 is 1.00 bits per heavy atom. The number of nitrogens with zero attached hydrogens (tertiary/aromatic N) is 2. The van der Waals surface area contributed by atoms with Crippen molar-refractivity contribution in [1.29, 1.82) is 0 Å². The number of unbranched alkanes of at least 4 members (excludes halogenated alkanes) is 1. The van der Waals surface area contributed by atoms with Crippen molar-refractivity contribution >= 4 is 63.1 Å². The highest BCUT2D eigenvalue weighted by Gasteiger charge is 2.39. The van der Waals surface area contributed by atoms with Crippen molar-refractivity contribution in [3.63, 3.8) is 0 Å². The van der Waals surface area contributed by atoms with Crippen LogP contribution in [0.1, 0.15) is 51.1 Å². The number of amides is 3. The minimum atomic E-state index is -0.692. The molecule has 9 nitrogen and oxygen atoms in total. The lowest BCUT2D eigenvalue weighted by Gasteiger charge is -2.15. The van der Waals surface area contributed by atoms with E-state index < -0.39 is 17.8 Å². The molecule has 3 aromatic rings. The van der Waals surface area contributed by atoms with Gasteiger partial charge in [-0.2, -0.15) is 0 Å². The van der Waals surface area contributed by atoms with E-state index in [0.29, 0.717) is 28.6 Å². The molecule has 4 rings (SSSR count). The number of aromatic nitrogens is 1. The van der Waals surface area contributed by atoms with E-state index in [1.54, 1.807) is 24.3 Å². The molecular formula is C27H25ClN4O5S. The van der Waals surface area contributed by atoms with Crippen LogP contribution >= 0.6 is 22.9 Å². The molecule has 0 radical (unpaired) electrons. The molecule has 0 unspecified atom stereocenters. The summed E-state index contributed by atoms with van der Waals surface area (Å²) in [4.78, 5) is 56.8. The Morgan fingerprint density at radius 2 is 1.66 bits per heavy atom. The van der Waals surface area contributed by atoms with E-state index >= 15 is 0 Å². The zero-order chi connectivity index (χ0) is 27.4. The Labute approximate surface area is 228 Å². The minimum Gasteiger partial charge on any atom is -0.462 e. The number of esters is 1. The third-order valence-electron chi connectivity index (χ3n) is 5.78. The Hall–Kier alpha value is -4.02. The molecule has 2 N–H and O–H groups in total. The van der Waals surface area contributed by atoms with Gasteiger partial charge in [0.2, 0.25) is 0 Å². The highest BCUT2D eigenvalue weighted by Crippen LogP contribution is 2.30. The molecule has 0 spiro atoms. The number of imide groups is 1. The molecule has 0 atom stereocenters. The maximum absolute atomic E-state index is 13.1. The third kappa shape index (κ3) is 5.76. The summed E-state index contributed by atoms with van der Waals surface area (Å²) in [6.07, 6.45) is 1.67. The number of hydrogen-bond donors (Lipinski definition) is 2. The maximum atomic E-state index is 13.1. The van der Waals surface area contributed by atoms with Gasteiger partial charge in [-0.3, -0.25) is 19.7 Å². The fourth-order valence-electron chi connectivity index (χ4n) is 3.53. The van der Waals surface area contributed by atoms with Crippen molar-refractivity contribution in [2.75, 3.05) is 22.1 Å². The summed E-state index contributed by atoms with van der Waals surface area (Å²) in [5, 5.41) is 5.88. The number of halogens is 1. The maximum Gasteiger partial charge on any atom is 0.338 e. The summed E-state index contributed by atoms with van der Waals surface area (Å²) in [6, 6.07) is 12.3. The van der Waals surface area contributed by atoms with Gasteiger partial charge in [-0.25, -0.2) is 14.7 Å². The molecule has 0 aliphatic carbocycles. The highest BCUT2D eigenvalue weighted by molar-refractivity contribution is 7.15. The molecule has 0 bridgehead atoms. The summed E-state index contributed by atoms with van der Waals surface area (Å²) in [5.41, 5.74) is 2.20. The van der Waals surface area contributed by atoms with Gasteiger partial charge < -0.3 is 10.1 Å². The largest absolute Gasteiger partial charge is 0.462 e. The normalized spacial score (nSPS) is 13.2. The first-order chi connectivity index (χ1) is 18.2. The average Bonchev–Trinajstić information content (AvgIpc) is 3.33. The molecule has 196 valence electrons. The number of rotatable bonds is 9. The Bertz CT molecular complexity index is 1410. The van der Waals surface area contributed by atoms with Crippen molar-refractivity contribution in [2.24, 2.45) is 0 Å². The number of carbonyl (C=O) groups excluding carboxylic acids is 4. The second-order valence-electron chi connectivity index (χ2n) is 8.49. The Morgan fingerprint density at radius 3 is 2.26 bits per heavy atom. The number of hydrogen-bond acceptors (Lipinski definition) is 8. The Balaban J connectivity index is 1.42. The van der Waals surface area contributed by atoms with Crippen LogP contribution in [-0.2, 0) is 14.3 Å². The molecule has 2 aromatic carbocycles. The summed E-state index contributed by atoms with van der Waals surface area (Å²) in [7, 11) is 0. The van der Waals surface area contributed by atoms with Crippen LogP contribution in [-0.4, -0.2) is 35.3 Å². The van der Waals surface area contributed by atoms with E-state index in [1.807, 2.05) is 20.8 Å². The molecule has 1 aromatic heterocycles. The van der Waals surface area contributed by atoms with Gasteiger partial charge in [-0.1, -0.05) is 24.9 Å². The zero-order valence-electron chi connectivity index (χ0n) is 21.0. The molecule has 1 aliphatic heterocycles. The van der Waals surface area contributed by atoms with Gasteiger partial charge in [0.15, 0.2) is 5.13 Å². The van der Waals surface area contributed by atoms with Crippen molar-refractivity contribution in [3.05, 3.63) is 81.0 Å². The fourth-order valence-corrected chi connectivity index (χ4v) is 4.55. The number of ether oxygens (including phenoxy) is 1. The van der Waals surface area contributed by atoms with Crippen LogP contribution in [0.2, 0.25) is 0 Å². The van der Waals surface area contributed by atoms with Crippen LogP contribution in [0.4, 0.5) is 16.5 Å². The van der Waals surface area contributed by atoms with E-state index in [9.17, 15) is 19.2 Å². The molecule has 0 saturated heterocycles. The number of thiazole rings is 1. The van der Waals surface area contributed by atoms with Gasteiger partial charge in [-0.05, 0) is 68.8 Å². The molecule has 38 heavy (non-hydrogen) atoms. The highest BCUT2D eigenvalue weighted by atomic mass is 35.5. The Kier molecular flexibility index (Phi) is 8.23. The molecule has 2 heterocycles. The second-order valence-corrected chi connectivity index (χ2v) is 10.1. The lowest BCUT2D eigenvalue weighted by atomic mass is 10.2. The number of benzene rings is 2. The number of carbonyl (C=O) groups is 4. The smallest absolute Gasteiger partial charge is 0.338 e.